The normalized spacial score (nSPS) is 18.1. The molecule has 0 radical (unpaired) electrons. The molecule has 23 heavy (non-hydrogen) atoms. The first-order chi connectivity index (χ1) is 11.2. The molecule has 0 saturated carbocycles. The lowest BCUT2D eigenvalue weighted by Crippen LogP contribution is -2.30. The van der Waals surface area contributed by atoms with Crippen molar-refractivity contribution in [2.24, 2.45) is 5.92 Å². The zero-order chi connectivity index (χ0) is 16.2. The van der Waals surface area contributed by atoms with Crippen molar-refractivity contribution in [3.63, 3.8) is 0 Å². The van der Waals surface area contributed by atoms with E-state index in [-0.39, 0.29) is 5.91 Å². The van der Waals surface area contributed by atoms with Crippen molar-refractivity contribution in [2.75, 3.05) is 33.8 Å². The molecule has 1 atom stereocenters. The van der Waals surface area contributed by atoms with Crippen LogP contribution < -0.4 is 10.1 Å². The number of amides is 1. The Morgan fingerprint density at radius 1 is 1.39 bits per heavy atom. The van der Waals surface area contributed by atoms with Crippen LogP contribution in [-0.4, -0.2) is 44.6 Å². The Balaban J connectivity index is 1.62. The van der Waals surface area contributed by atoms with Crippen LogP contribution in [0.2, 0.25) is 0 Å². The van der Waals surface area contributed by atoms with Gasteiger partial charge in [-0.25, -0.2) is 0 Å². The molecule has 1 fully saturated rings. The number of nitrogens with zero attached hydrogens (tertiary/aromatic N) is 1. The summed E-state index contributed by atoms with van der Waals surface area (Å²) in [7, 11) is 3.73. The van der Waals surface area contributed by atoms with Crippen LogP contribution in [0.4, 0.5) is 0 Å². The Hall–Kier alpha value is -2.27. The first kappa shape index (κ1) is 15.6. The number of carbonyl (C=O) groups excluding carboxylic acids is 1. The van der Waals surface area contributed by atoms with E-state index in [4.69, 9.17) is 9.15 Å². The number of nitrogens with one attached hydrogen (secondary N) is 1. The summed E-state index contributed by atoms with van der Waals surface area (Å²) in [6, 6.07) is 11.1. The standard InChI is InChI=1S/C18H22N2O3/c1-20-9-8-13(12-20)11-19-18(21)17-7-6-16(23-17)14-4-3-5-15(10-14)22-2/h3-7,10,13H,8-9,11-12H2,1-2H3,(H,19,21)/t13-/m1/s1. The molecule has 1 saturated heterocycles. The van der Waals surface area contributed by atoms with E-state index in [9.17, 15) is 4.79 Å². The lowest BCUT2D eigenvalue weighted by atomic mass is 10.1. The van der Waals surface area contributed by atoms with Crippen molar-refractivity contribution in [3.8, 4) is 17.1 Å². The Morgan fingerprint density at radius 2 is 2.26 bits per heavy atom. The van der Waals surface area contributed by atoms with Gasteiger partial charge in [0, 0.05) is 18.7 Å². The van der Waals surface area contributed by atoms with Gasteiger partial charge in [-0.15, -0.1) is 0 Å². The summed E-state index contributed by atoms with van der Waals surface area (Å²) in [4.78, 5) is 14.5. The predicted octanol–water partition coefficient (Wildman–Crippen LogP) is 2.64. The summed E-state index contributed by atoms with van der Waals surface area (Å²) in [5.41, 5.74) is 0.890. The van der Waals surface area contributed by atoms with Gasteiger partial charge < -0.3 is 19.4 Å². The van der Waals surface area contributed by atoms with Crippen LogP contribution in [0.25, 0.3) is 11.3 Å². The van der Waals surface area contributed by atoms with Gasteiger partial charge in [0.1, 0.15) is 11.5 Å². The molecule has 1 aromatic carbocycles. The summed E-state index contributed by atoms with van der Waals surface area (Å²) in [5.74, 6) is 2.13. The minimum Gasteiger partial charge on any atom is -0.497 e. The van der Waals surface area contributed by atoms with Crippen LogP contribution in [0.3, 0.4) is 0 Å². The fraction of sp³-hybridized carbons (Fsp3) is 0.389. The van der Waals surface area contributed by atoms with Gasteiger partial charge >= 0.3 is 0 Å². The molecule has 0 aliphatic carbocycles. The number of rotatable bonds is 5. The number of furan rings is 1. The summed E-state index contributed by atoms with van der Waals surface area (Å²) < 4.78 is 10.9. The molecule has 2 heterocycles. The SMILES string of the molecule is COc1cccc(-c2ccc(C(=O)NC[C@H]3CCN(C)C3)o2)c1. The van der Waals surface area contributed by atoms with Gasteiger partial charge in [0.25, 0.3) is 5.91 Å². The largest absolute Gasteiger partial charge is 0.497 e. The molecule has 1 aliphatic heterocycles. The molecule has 3 rings (SSSR count). The molecular formula is C18H22N2O3. The van der Waals surface area contributed by atoms with Crippen molar-refractivity contribution in [1.29, 1.82) is 0 Å². The zero-order valence-corrected chi connectivity index (χ0v) is 13.5. The summed E-state index contributed by atoms with van der Waals surface area (Å²) in [5, 5.41) is 2.96. The fourth-order valence-corrected chi connectivity index (χ4v) is 2.91. The number of benzene rings is 1. The average Bonchev–Trinajstić information content (AvgIpc) is 3.22. The topological polar surface area (TPSA) is 54.7 Å². The van der Waals surface area contributed by atoms with Crippen LogP contribution in [0.5, 0.6) is 5.75 Å². The number of methoxy groups -OCH3 is 1. The van der Waals surface area contributed by atoms with Crippen molar-refractivity contribution in [1.82, 2.24) is 10.2 Å². The summed E-state index contributed by atoms with van der Waals surface area (Å²) >= 11 is 0. The summed E-state index contributed by atoms with van der Waals surface area (Å²) in [6.45, 7) is 2.83. The van der Waals surface area contributed by atoms with Gasteiger partial charge in [-0.1, -0.05) is 12.1 Å². The summed E-state index contributed by atoms with van der Waals surface area (Å²) in [6.07, 6.45) is 1.13. The van der Waals surface area contributed by atoms with E-state index in [1.807, 2.05) is 30.3 Å². The second-order valence-corrected chi connectivity index (χ2v) is 6.02. The van der Waals surface area contributed by atoms with Crippen LogP contribution in [0.1, 0.15) is 17.0 Å². The quantitative estimate of drug-likeness (QED) is 0.922. The molecule has 1 N–H and O–H groups in total. The number of hydrogen-bond acceptors (Lipinski definition) is 4. The number of likely N-dealkylation sites (tertiary alicyclic amines) is 1. The second-order valence-electron chi connectivity index (χ2n) is 6.02. The van der Waals surface area contributed by atoms with Crippen molar-refractivity contribution in [3.05, 3.63) is 42.2 Å². The van der Waals surface area contributed by atoms with E-state index >= 15 is 0 Å². The number of carbonyl (C=O) groups is 1. The van der Waals surface area contributed by atoms with Crippen LogP contribution >= 0.6 is 0 Å². The molecule has 0 unspecified atom stereocenters. The number of hydrogen-bond donors (Lipinski definition) is 1. The van der Waals surface area contributed by atoms with Gasteiger partial charge in [-0.05, 0) is 50.2 Å². The minimum atomic E-state index is -0.159. The first-order valence-electron chi connectivity index (χ1n) is 7.86. The highest BCUT2D eigenvalue weighted by Crippen LogP contribution is 2.25. The van der Waals surface area contributed by atoms with Crippen molar-refractivity contribution < 1.29 is 13.9 Å². The molecule has 5 nitrogen and oxygen atoms in total. The molecule has 1 aliphatic rings. The molecule has 2 aromatic rings. The minimum absolute atomic E-state index is 0.159. The lowest BCUT2D eigenvalue weighted by molar-refractivity contribution is 0.0920. The van der Waals surface area contributed by atoms with E-state index in [1.165, 1.54) is 0 Å². The maximum atomic E-state index is 12.2. The van der Waals surface area contributed by atoms with Crippen molar-refractivity contribution in [2.45, 2.75) is 6.42 Å². The monoisotopic (exact) mass is 314 g/mol. The van der Waals surface area contributed by atoms with Gasteiger partial charge in [0.15, 0.2) is 5.76 Å². The van der Waals surface area contributed by atoms with Crippen LogP contribution in [0, 0.1) is 5.92 Å². The third-order valence-electron chi connectivity index (χ3n) is 4.22. The van der Waals surface area contributed by atoms with Gasteiger partial charge in [-0.2, -0.15) is 0 Å². The van der Waals surface area contributed by atoms with E-state index in [2.05, 4.69) is 17.3 Å². The Morgan fingerprint density at radius 3 is 3.00 bits per heavy atom. The van der Waals surface area contributed by atoms with Gasteiger partial charge in [0.2, 0.25) is 0 Å². The molecule has 122 valence electrons. The predicted molar refractivity (Wildman–Crippen MR) is 88.6 cm³/mol. The molecule has 1 aromatic heterocycles. The van der Waals surface area contributed by atoms with E-state index in [0.29, 0.717) is 24.0 Å². The Bertz CT molecular complexity index is 680. The van der Waals surface area contributed by atoms with Gasteiger partial charge in [0.05, 0.1) is 7.11 Å². The third-order valence-corrected chi connectivity index (χ3v) is 4.22. The molecule has 5 heteroatoms. The lowest BCUT2D eigenvalue weighted by Gasteiger charge is -2.10. The maximum Gasteiger partial charge on any atom is 0.287 e. The second kappa shape index (κ2) is 6.87. The molecule has 0 spiro atoms. The third kappa shape index (κ3) is 3.74. The van der Waals surface area contributed by atoms with Crippen molar-refractivity contribution >= 4 is 5.91 Å². The van der Waals surface area contributed by atoms with Crippen LogP contribution in [0.15, 0.2) is 40.8 Å². The first-order valence-corrected chi connectivity index (χ1v) is 7.86. The highest BCUT2D eigenvalue weighted by molar-refractivity contribution is 5.92. The maximum absolute atomic E-state index is 12.2. The van der Waals surface area contributed by atoms with Gasteiger partial charge in [-0.3, -0.25) is 4.79 Å². The van der Waals surface area contributed by atoms with E-state index in [1.54, 1.807) is 13.2 Å². The molecule has 0 bridgehead atoms. The van der Waals surface area contributed by atoms with Crippen LogP contribution in [-0.2, 0) is 0 Å². The highest BCUT2D eigenvalue weighted by atomic mass is 16.5. The smallest absolute Gasteiger partial charge is 0.287 e. The number of ether oxygens (including phenoxy) is 1. The van der Waals surface area contributed by atoms with E-state index < -0.39 is 0 Å². The molecular weight excluding hydrogens is 292 g/mol. The highest BCUT2D eigenvalue weighted by Gasteiger charge is 2.21. The average molecular weight is 314 g/mol. The Labute approximate surface area is 136 Å². The Kier molecular flexibility index (Phi) is 4.67. The van der Waals surface area contributed by atoms with E-state index in [0.717, 1.165) is 30.8 Å². The molecule has 1 amide bonds. The fourth-order valence-electron chi connectivity index (χ4n) is 2.91. The zero-order valence-electron chi connectivity index (χ0n) is 13.5.